The van der Waals surface area contributed by atoms with Crippen molar-refractivity contribution in [3.63, 3.8) is 0 Å². The monoisotopic (exact) mass is 314 g/mol. The molecule has 0 saturated heterocycles. The van der Waals surface area contributed by atoms with Gasteiger partial charge in [-0.3, -0.25) is 9.36 Å². The van der Waals surface area contributed by atoms with Crippen LogP contribution in [0.25, 0.3) is 10.9 Å². The molecule has 1 saturated carbocycles. The standard InChI is InChI=1S/C18H22N2O3/c1-23-18(22)16(11-13-7-3-2-4-8-13)20-12-19-15-10-6-5-9-14(15)17(20)21/h5-6,9-10,12-13,16H,2-4,7-8,11H2,1H3. The van der Waals surface area contributed by atoms with Gasteiger partial charge in [-0.15, -0.1) is 0 Å². The molecular formula is C18H22N2O3. The second-order valence-corrected chi connectivity index (χ2v) is 6.25. The molecule has 1 aliphatic carbocycles. The summed E-state index contributed by atoms with van der Waals surface area (Å²) in [6.45, 7) is 0. The van der Waals surface area contributed by atoms with E-state index in [4.69, 9.17) is 4.74 Å². The summed E-state index contributed by atoms with van der Waals surface area (Å²) in [6.07, 6.45) is 8.01. The number of rotatable bonds is 4. The fourth-order valence-electron chi connectivity index (χ4n) is 3.50. The highest BCUT2D eigenvalue weighted by molar-refractivity contribution is 5.78. The Hall–Kier alpha value is -2.17. The molecule has 0 radical (unpaired) electrons. The summed E-state index contributed by atoms with van der Waals surface area (Å²) in [5, 5.41) is 0.535. The van der Waals surface area contributed by atoms with Crippen LogP contribution < -0.4 is 5.56 Å². The highest BCUT2D eigenvalue weighted by Crippen LogP contribution is 2.31. The van der Waals surface area contributed by atoms with Gasteiger partial charge in [-0.05, 0) is 24.5 Å². The van der Waals surface area contributed by atoms with E-state index in [1.54, 1.807) is 12.1 Å². The molecule has 3 rings (SSSR count). The maximum atomic E-state index is 12.7. The average Bonchev–Trinajstić information content (AvgIpc) is 2.61. The van der Waals surface area contributed by atoms with Crippen LogP contribution in [0.5, 0.6) is 0 Å². The van der Waals surface area contributed by atoms with E-state index < -0.39 is 6.04 Å². The van der Waals surface area contributed by atoms with E-state index in [1.807, 2.05) is 12.1 Å². The molecule has 5 nitrogen and oxygen atoms in total. The van der Waals surface area contributed by atoms with Crippen molar-refractivity contribution >= 4 is 16.9 Å². The molecule has 1 aromatic carbocycles. The zero-order valence-electron chi connectivity index (χ0n) is 13.4. The Kier molecular flexibility index (Phi) is 4.74. The molecule has 5 heteroatoms. The Morgan fingerprint density at radius 2 is 2.04 bits per heavy atom. The first-order valence-corrected chi connectivity index (χ1v) is 8.24. The van der Waals surface area contributed by atoms with Crippen LogP contribution in [-0.2, 0) is 9.53 Å². The quantitative estimate of drug-likeness (QED) is 0.814. The number of fused-ring (bicyclic) bond motifs is 1. The lowest BCUT2D eigenvalue weighted by Crippen LogP contribution is -2.32. The van der Waals surface area contributed by atoms with Gasteiger partial charge in [0, 0.05) is 0 Å². The Balaban J connectivity index is 1.97. The summed E-state index contributed by atoms with van der Waals surface area (Å²) in [5.41, 5.74) is 0.469. The van der Waals surface area contributed by atoms with Gasteiger partial charge in [-0.2, -0.15) is 0 Å². The Labute approximate surface area is 135 Å². The first-order valence-electron chi connectivity index (χ1n) is 8.24. The SMILES string of the molecule is COC(=O)C(CC1CCCCC1)n1cnc2ccccc2c1=O. The minimum atomic E-state index is -0.590. The van der Waals surface area contributed by atoms with Crippen LogP contribution in [0.1, 0.15) is 44.6 Å². The van der Waals surface area contributed by atoms with Gasteiger partial charge in [0.2, 0.25) is 0 Å². The van der Waals surface area contributed by atoms with Crippen LogP contribution in [0.15, 0.2) is 35.4 Å². The lowest BCUT2D eigenvalue weighted by Gasteiger charge is -2.26. The third-order valence-electron chi connectivity index (χ3n) is 4.78. The lowest BCUT2D eigenvalue weighted by molar-refractivity contribution is -0.145. The second-order valence-electron chi connectivity index (χ2n) is 6.25. The molecule has 0 bridgehead atoms. The lowest BCUT2D eigenvalue weighted by atomic mass is 9.84. The maximum absolute atomic E-state index is 12.7. The molecule has 1 aliphatic rings. The largest absolute Gasteiger partial charge is 0.467 e. The Bertz CT molecular complexity index is 747. The molecule has 2 aromatic rings. The number of methoxy groups -OCH3 is 1. The molecule has 23 heavy (non-hydrogen) atoms. The summed E-state index contributed by atoms with van der Waals surface area (Å²) in [6, 6.07) is 6.61. The molecule has 0 amide bonds. The number of ether oxygens (including phenoxy) is 1. The van der Waals surface area contributed by atoms with E-state index in [2.05, 4.69) is 4.98 Å². The Morgan fingerprint density at radius 3 is 2.78 bits per heavy atom. The van der Waals surface area contributed by atoms with Crippen molar-refractivity contribution in [3.8, 4) is 0 Å². The minimum Gasteiger partial charge on any atom is -0.467 e. The molecule has 0 spiro atoms. The third-order valence-corrected chi connectivity index (χ3v) is 4.78. The van der Waals surface area contributed by atoms with Crippen molar-refractivity contribution < 1.29 is 9.53 Å². The van der Waals surface area contributed by atoms with Gasteiger partial charge < -0.3 is 4.74 Å². The highest BCUT2D eigenvalue weighted by Gasteiger charge is 2.27. The zero-order valence-corrected chi connectivity index (χ0v) is 13.4. The summed E-state index contributed by atoms with van der Waals surface area (Å²) in [7, 11) is 1.37. The number of carbonyl (C=O) groups is 1. The van der Waals surface area contributed by atoms with E-state index in [-0.39, 0.29) is 11.5 Å². The van der Waals surface area contributed by atoms with Crippen molar-refractivity contribution in [1.29, 1.82) is 0 Å². The van der Waals surface area contributed by atoms with Gasteiger partial charge in [0.15, 0.2) is 0 Å². The number of carbonyl (C=O) groups excluding carboxylic acids is 1. The molecular weight excluding hydrogens is 292 g/mol. The smallest absolute Gasteiger partial charge is 0.329 e. The van der Waals surface area contributed by atoms with Crippen LogP contribution in [0.4, 0.5) is 0 Å². The van der Waals surface area contributed by atoms with Gasteiger partial charge in [-0.25, -0.2) is 9.78 Å². The molecule has 1 fully saturated rings. The normalized spacial score (nSPS) is 17.1. The van der Waals surface area contributed by atoms with E-state index in [9.17, 15) is 9.59 Å². The van der Waals surface area contributed by atoms with Crippen LogP contribution in [0, 0.1) is 5.92 Å². The van der Waals surface area contributed by atoms with Gasteiger partial charge in [0.1, 0.15) is 6.04 Å². The van der Waals surface area contributed by atoms with Crippen LogP contribution in [0.2, 0.25) is 0 Å². The number of benzene rings is 1. The number of nitrogens with zero attached hydrogens (tertiary/aromatic N) is 2. The molecule has 1 unspecified atom stereocenters. The molecule has 1 atom stereocenters. The summed E-state index contributed by atoms with van der Waals surface area (Å²) >= 11 is 0. The van der Waals surface area contributed by atoms with E-state index in [0.717, 1.165) is 12.8 Å². The molecule has 122 valence electrons. The van der Waals surface area contributed by atoms with E-state index in [1.165, 1.54) is 37.3 Å². The fourth-order valence-corrected chi connectivity index (χ4v) is 3.50. The molecule has 0 N–H and O–H groups in total. The Morgan fingerprint density at radius 1 is 1.30 bits per heavy atom. The van der Waals surface area contributed by atoms with Crippen molar-refractivity contribution in [2.24, 2.45) is 5.92 Å². The third kappa shape index (κ3) is 3.28. The zero-order chi connectivity index (χ0) is 16.2. The molecule has 1 aromatic heterocycles. The van der Waals surface area contributed by atoms with Gasteiger partial charge in [0.25, 0.3) is 5.56 Å². The number of hydrogen-bond donors (Lipinski definition) is 0. The predicted octanol–water partition coefficient (Wildman–Crippen LogP) is 3.08. The minimum absolute atomic E-state index is 0.179. The van der Waals surface area contributed by atoms with Gasteiger partial charge in [-0.1, -0.05) is 44.2 Å². The van der Waals surface area contributed by atoms with Crippen LogP contribution in [-0.4, -0.2) is 22.6 Å². The van der Waals surface area contributed by atoms with Gasteiger partial charge in [0.05, 0.1) is 24.3 Å². The fraction of sp³-hybridized carbons (Fsp3) is 0.500. The molecule has 0 aliphatic heterocycles. The highest BCUT2D eigenvalue weighted by atomic mass is 16.5. The number of esters is 1. The van der Waals surface area contributed by atoms with Crippen molar-refractivity contribution in [3.05, 3.63) is 40.9 Å². The van der Waals surface area contributed by atoms with Crippen molar-refractivity contribution in [2.45, 2.75) is 44.6 Å². The molecule has 1 heterocycles. The number of para-hydroxylation sites is 1. The number of aromatic nitrogens is 2. The summed E-state index contributed by atoms with van der Waals surface area (Å²) in [4.78, 5) is 29.3. The van der Waals surface area contributed by atoms with Gasteiger partial charge >= 0.3 is 5.97 Å². The van der Waals surface area contributed by atoms with E-state index >= 15 is 0 Å². The van der Waals surface area contributed by atoms with Crippen molar-refractivity contribution in [1.82, 2.24) is 9.55 Å². The van der Waals surface area contributed by atoms with Crippen LogP contribution in [0.3, 0.4) is 0 Å². The van der Waals surface area contributed by atoms with E-state index in [0.29, 0.717) is 23.2 Å². The van der Waals surface area contributed by atoms with Crippen molar-refractivity contribution in [2.75, 3.05) is 7.11 Å². The summed E-state index contributed by atoms with van der Waals surface area (Å²) < 4.78 is 6.40. The predicted molar refractivity (Wildman–Crippen MR) is 88.2 cm³/mol. The second kappa shape index (κ2) is 6.94. The van der Waals surface area contributed by atoms with Crippen LogP contribution >= 0.6 is 0 Å². The maximum Gasteiger partial charge on any atom is 0.329 e. The topological polar surface area (TPSA) is 61.2 Å². The number of hydrogen-bond acceptors (Lipinski definition) is 4. The first kappa shape index (κ1) is 15.7. The first-order chi connectivity index (χ1) is 11.2. The average molecular weight is 314 g/mol. The summed E-state index contributed by atoms with van der Waals surface area (Å²) in [5.74, 6) is 0.0981.